The molecule has 0 rings (SSSR count). The zero-order valence-electron chi connectivity index (χ0n) is 9.49. The van der Waals surface area contributed by atoms with Crippen molar-refractivity contribution in [2.24, 2.45) is 0 Å². The smallest absolute Gasteiger partial charge is 0.0645 e. The summed E-state index contributed by atoms with van der Waals surface area (Å²) in [5.74, 6) is 0. The maximum Gasteiger partial charge on any atom is 0.0645 e. The molecule has 2 nitrogen and oxygen atoms in total. The molecular formula is C8H18MoO2PS2-. The predicted octanol–water partition coefficient (Wildman–Crippen LogP) is 2.92. The second kappa shape index (κ2) is 5.79. The molecule has 1 atom stereocenters. The van der Waals surface area contributed by atoms with Gasteiger partial charge in [0.05, 0.1) is 5.60 Å². The Kier molecular flexibility index (Phi) is 7.44. The Labute approximate surface area is 111 Å². The van der Waals surface area contributed by atoms with Gasteiger partial charge in [0.15, 0.2) is 0 Å². The third-order valence-electron chi connectivity index (χ3n) is 0.771. The van der Waals surface area contributed by atoms with E-state index >= 15 is 0 Å². The molecule has 1 unspecified atom stereocenters. The summed E-state index contributed by atoms with van der Waals surface area (Å²) in [6, 6.07) is 0. The van der Waals surface area contributed by atoms with Crippen molar-refractivity contribution in [2.75, 3.05) is 0 Å². The molecule has 0 fully saturated rings. The topological polar surface area (TPSA) is 32.3 Å². The minimum Gasteiger partial charge on any atom is -0.793 e. The van der Waals surface area contributed by atoms with Gasteiger partial charge in [0.25, 0.3) is 0 Å². The van der Waals surface area contributed by atoms with Crippen LogP contribution in [-0.2, 0) is 37.4 Å². The van der Waals surface area contributed by atoms with E-state index in [4.69, 9.17) is 16.3 Å². The molecule has 0 aromatic carbocycles. The zero-order chi connectivity index (χ0) is 10.9. The van der Waals surface area contributed by atoms with Crippen LogP contribution in [0.3, 0.4) is 0 Å². The van der Waals surface area contributed by atoms with E-state index in [2.05, 4.69) is 0 Å². The van der Waals surface area contributed by atoms with Gasteiger partial charge in [-0.2, -0.15) is 0 Å². The minimum atomic E-state index is -2.94. The first-order chi connectivity index (χ1) is 5.41. The van der Waals surface area contributed by atoms with Crippen molar-refractivity contribution in [2.45, 2.75) is 51.9 Å². The molecule has 0 aromatic heterocycles. The van der Waals surface area contributed by atoms with Gasteiger partial charge in [0.2, 0.25) is 0 Å². The van der Waals surface area contributed by atoms with E-state index in [0.29, 0.717) is 0 Å². The van der Waals surface area contributed by atoms with E-state index in [1.807, 2.05) is 41.5 Å². The fourth-order valence-electron chi connectivity index (χ4n) is 0.689. The van der Waals surface area contributed by atoms with Crippen LogP contribution in [0.5, 0.6) is 0 Å². The van der Waals surface area contributed by atoms with E-state index in [9.17, 15) is 4.89 Å². The third kappa shape index (κ3) is 11.7. The van der Waals surface area contributed by atoms with Crippen molar-refractivity contribution in [1.82, 2.24) is 0 Å². The van der Waals surface area contributed by atoms with Gasteiger partial charge in [-0.05, 0) is 20.8 Å². The van der Waals surface area contributed by atoms with Gasteiger partial charge in [-0.3, -0.25) is 0 Å². The molecule has 0 N–H and O–H groups in total. The van der Waals surface area contributed by atoms with Crippen LogP contribution >= 0.6 is 17.1 Å². The normalized spacial score (nSPS) is 17.1. The molecule has 0 saturated carbocycles. The summed E-state index contributed by atoms with van der Waals surface area (Å²) in [7, 11) is 0. The molecule has 0 bridgehead atoms. The van der Waals surface area contributed by atoms with Gasteiger partial charge < -0.3 is 9.42 Å². The van der Waals surface area contributed by atoms with E-state index < -0.39 is 11.3 Å². The Bertz CT molecular complexity index is 200. The molecule has 0 aliphatic carbocycles. The summed E-state index contributed by atoms with van der Waals surface area (Å²) < 4.78 is 5.21. The van der Waals surface area contributed by atoms with Crippen LogP contribution in [0.1, 0.15) is 41.5 Å². The molecule has 0 heterocycles. The largest absolute Gasteiger partial charge is 0.793 e. The second-order valence-electron chi connectivity index (χ2n) is 4.85. The number of rotatable bonds is 2. The SMILES string of the molecule is CC(C)(C)OP([O-])(=S)SC(C)(C)C.[Mo]. The molecule has 0 aliphatic heterocycles. The summed E-state index contributed by atoms with van der Waals surface area (Å²) in [5.41, 5.74) is -3.37. The Morgan fingerprint density at radius 3 is 1.71 bits per heavy atom. The molecule has 0 saturated heterocycles. The van der Waals surface area contributed by atoms with Gasteiger partial charge in [0, 0.05) is 31.5 Å². The van der Waals surface area contributed by atoms with E-state index in [0.717, 1.165) is 0 Å². The van der Waals surface area contributed by atoms with Crippen LogP contribution in [0.25, 0.3) is 0 Å². The van der Waals surface area contributed by atoms with Crippen LogP contribution in [0.2, 0.25) is 0 Å². The zero-order valence-corrected chi connectivity index (χ0v) is 14.0. The van der Waals surface area contributed by atoms with Crippen molar-refractivity contribution < 1.29 is 30.5 Å². The Hall–Kier alpha value is 1.61. The summed E-state index contributed by atoms with van der Waals surface area (Å²) >= 11 is 6.17. The maximum atomic E-state index is 11.8. The van der Waals surface area contributed by atoms with Gasteiger partial charge in [0.1, 0.15) is 0 Å². The Balaban J connectivity index is 0. The van der Waals surface area contributed by atoms with E-state index in [1.165, 1.54) is 11.4 Å². The molecule has 0 spiro atoms. The van der Waals surface area contributed by atoms with Crippen molar-refractivity contribution in [3.8, 4) is 0 Å². The minimum absolute atomic E-state index is 0. The Morgan fingerprint density at radius 2 is 1.50 bits per heavy atom. The van der Waals surface area contributed by atoms with Gasteiger partial charge in [-0.25, -0.2) is 0 Å². The molecule has 14 heavy (non-hydrogen) atoms. The summed E-state index contributed by atoms with van der Waals surface area (Å²) in [5, 5.41) is 0. The summed E-state index contributed by atoms with van der Waals surface area (Å²) in [6.07, 6.45) is 0. The molecule has 0 amide bonds. The average Bonchev–Trinajstić information content (AvgIpc) is 1.43. The first-order valence-corrected chi connectivity index (χ1v) is 8.20. The second-order valence-corrected chi connectivity index (χ2v) is 11.5. The maximum absolute atomic E-state index is 11.8. The van der Waals surface area contributed by atoms with Crippen LogP contribution in [-0.4, -0.2) is 10.3 Å². The standard InChI is InChI=1S/C8H19O2PS2.Mo/c1-7(2,3)10-11(9,12)13-8(4,5)6;/h1-6H3,(H,9,12);/p-1. The molecule has 6 heteroatoms. The molecule has 0 aliphatic rings. The third-order valence-corrected chi connectivity index (χ3v) is 5.75. The molecule has 86 valence electrons. The van der Waals surface area contributed by atoms with Crippen LogP contribution in [0.15, 0.2) is 0 Å². The average molecular weight is 337 g/mol. The van der Waals surface area contributed by atoms with Crippen molar-refractivity contribution >= 4 is 28.9 Å². The van der Waals surface area contributed by atoms with E-state index in [1.54, 1.807) is 0 Å². The van der Waals surface area contributed by atoms with Crippen LogP contribution in [0.4, 0.5) is 0 Å². The number of hydrogen-bond acceptors (Lipinski definition) is 4. The monoisotopic (exact) mass is 339 g/mol. The van der Waals surface area contributed by atoms with E-state index in [-0.39, 0.29) is 25.8 Å². The molecular weight excluding hydrogens is 319 g/mol. The fraction of sp³-hybridized carbons (Fsp3) is 1.00. The van der Waals surface area contributed by atoms with Crippen molar-refractivity contribution in [3.63, 3.8) is 0 Å². The first kappa shape index (κ1) is 18.0. The van der Waals surface area contributed by atoms with Crippen molar-refractivity contribution in [3.05, 3.63) is 0 Å². The predicted molar refractivity (Wildman–Crippen MR) is 62.5 cm³/mol. The van der Waals surface area contributed by atoms with Gasteiger partial charge in [-0.1, -0.05) is 32.6 Å². The van der Waals surface area contributed by atoms with Crippen molar-refractivity contribution in [1.29, 1.82) is 0 Å². The molecule has 0 radical (unpaired) electrons. The van der Waals surface area contributed by atoms with Crippen LogP contribution < -0.4 is 4.89 Å². The number of hydrogen-bond donors (Lipinski definition) is 0. The van der Waals surface area contributed by atoms with Gasteiger partial charge in [-0.15, -0.1) is 11.4 Å². The summed E-state index contributed by atoms with van der Waals surface area (Å²) in [4.78, 5) is 11.8. The summed E-state index contributed by atoms with van der Waals surface area (Å²) in [6.45, 7) is 11.5. The molecule has 0 aromatic rings. The quantitative estimate of drug-likeness (QED) is 0.573. The fourth-order valence-corrected chi connectivity index (χ4v) is 7.55. The van der Waals surface area contributed by atoms with Gasteiger partial charge >= 0.3 is 0 Å². The Morgan fingerprint density at radius 1 is 1.14 bits per heavy atom. The van der Waals surface area contributed by atoms with Crippen LogP contribution in [0, 0.1) is 0 Å². The first-order valence-electron chi connectivity index (χ1n) is 4.14.